The highest BCUT2D eigenvalue weighted by atomic mass is 127. The van der Waals surface area contributed by atoms with Crippen LogP contribution in [0, 0.1) is 3.57 Å². The Labute approximate surface area is 93.3 Å². The van der Waals surface area contributed by atoms with Crippen molar-refractivity contribution in [1.29, 1.82) is 0 Å². The molecule has 0 saturated heterocycles. The van der Waals surface area contributed by atoms with Crippen molar-refractivity contribution in [2.75, 3.05) is 0 Å². The van der Waals surface area contributed by atoms with Gasteiger partial charge in [-0.15, -0.1) is 0 Å². The number of fused-ring (bicyclic) bond motifs is 1. The van der Waals surface area contributed by atoms with E-state index in [4.69, 9.17) is 0 Å². The molecule has 2 aromatic heterocycles. The van der Waals surface area contributed by atoms with E-state index in [9.17, 15) is 9.90 Å². The van der Waals surface area contributed by atoms with Crippen LogP contribution in [0.15, 0.2) is 23.1 Å². The lowest BCUT2D eigenvalue weighted by Gasteiger charge is -2.04. The van der Waals surface area contributed by atoms with Crippen LogP contribution in [0.3, 0.4) is 0 Å². The second-order valence-electron chi connectivity index (χ2n) is 2.95. The van der Waals surface area contributed by atoms with E-state index in [1.165, 1.54) is 10.6 Å². The molecule has 0 aliphatic heterocycles. The van der Waals surface area contributed by atoms with Gasteiger partial charge in [0.2, 0.25) is 0 Å². The second-order valence-corrected chi connectivity index (χ2v) is 4.20. The molecule has 5 heteroatoms. The molecule has 4 nitrogen and oxygen atoms in total. The number of aryl methyl sites for hydroxylation is 1. The highest BCUT2D eigenvalue weighted by Crippen LogP contribution is 2.21. The molecule has 0 aliphatic rings. The third-order valence-electron chi connectivity index (χ3n) is 2.02. The van der Waals surface area contributed by atoms with Crippen LogP contribution in [0.1, 0.15) is 0 Å². The fraction of sp³-hybridized carbons (Fsp3) is 0.111. The Hall–Kier alpha value is -1.11. The Balaban J connectivity index is 3.02. The molecule has 0 radical (unpaired) electrons. The van der Waals surface area contributed by atoms with Crippen molar-refractivity contribution in [3.63, 3.8) is 0 Å². The van der Waals surface area contributed by atoms with Gasteiger partial charge in [-0.05, 0) is 28.7 Å². The quantitative estimate of drug-likeness (QED) is 0.745. The molecule has 2 aromatic rings. The van der Waals surface area contributed by atoms with E-state index in [1.807, 2.05) is 0 Å². The van der Waals surface area contributed by atoms with Crippen LogP contribution < -0.4 is 5.56 Å². The van der Waals surface area contributed by atoms with Crippen molar-refractivity contribution < 1.29 is 5.11 Å². The van der Waals surface area contributed by atoms with E-state index < -0.39 is 0 Å². The van der Waals surface area contributed by atoms with Crippen molar-refractivity contribution >= 4 is 33.6 Å². The minimum atomic E-state index is -0.260. The number of nitrogens with zero attached hydrogens (tertiary/aromatic N) is 2. The van der Waals surface area contributed by atoms with Crippen LogP contribution in [-0.2, 0) is 7.05 Å². The predicted octanol–water partition coefficient (Wildman–Crippen LogP) is 1.24. The van der Waals surface area contributed by atoms with Crippen molar-refractivity contribution in [2.24, 2.45) is 7.05 Å². The molecule has 2 rings (SSSR count). The first kappa shape index (κ1) is 9.45. The van der Waals surface area contributed by atoms with Crippen molar-refractivity contribution in [3.8, 4) is 5.75 Å². The van der Waals surface area contributed by atoms with Crippen LogP contribution in [0.5, 0.6) is 5.75 Å². The Morgan fingerprint density at radius 2 is 2.21 bits per heavy atom. The van der Waals surface area contributed by atoms with Crippen molar-refractivity contribution in [1.82, 2.24) is 9.55 Å². The monoisotopic (exact) mass is 302 g/mol. The topological polar surface area (TPSA) is 55.1 Å². The van der Waals surface area contributed by atoms with Gasteiger partial charge in [0.1, 0.15) is 11.4 Å². The molecule has 0 unspecified atom stereocenters. The lowest BCUT2D eigenvalue weighted by molar-refractivity contribution is 0.479. The Morgan fingerprint density at radius 3 is 2.93 bits per heavy atom. The van der Waals surface area contributed by atoms with Crippen LogP contribution in [-0.4, -0.2) is 14.7 Å². The number of aromatic hydroxyl groups is 1. The maximum absolute atomic E-state index is 11.3. The third-order valence-corrected chi connectivity index (χ3v) is 2.61. The molecular weight excluding hydrogens is 295 g/mol. The van der Waals surface area contributed by atoms with Gasteiger partial charge in [-0.25, -0.2) is 4.98 Å². The summed E-state index contributed by atoms with van der Waals surface area (Å²) in [7, 11) is 1.63. The first-order valence-electron chi connectivity index (χ1n) is 3.94. The summed E-state index contributed by atoms with van der Waals surface area (Å²) in [5.41, 5.74) is 0.235. The van der Waals surface area contributed by atoms with Gasteiger partial charge in [-0.3, -0.25) is 9.36 Å². The maximum Gasteiger partial charge on any atom is 0.255 e. The number of hydrogen-bond donors (Lipinski definition) is 1. The van der Waals surface area contributed by atoms with E-state index >= 15 is 0 Å². The molecule has 0 atom stereocenters. The molecule has 2 heterocycles. The summed E-state index contributed by atoms with van der Waals surface area (Å²) in [4.78, 5) is 15.4. The summed E-state index contributed by atoms with van der Waals surface area (Å²) in [6.07, 6.45) is 1.65. The molecule has 0 amide bonds. The van der Waals surface area contributed by atoms with Crippen LogP contribution in [0.25, 0.3) is 11.0 Å². The minimum Gasteiger partial charge on any atom is -0.507 e. The summed E-state index contributed by atoms with van der Waals surface area (Å²) in [5.74, 6) is -0.0193. The largest absolute Gasteiger partial charge is 0.507 e. The van der Waals surface area contributed by atoms with Gasteiger partial charge in [-0.2, -0.15) is 0 Å². The zero-order valence-corrected chi connectivity index (χ0v) is 9.52. The number of pyridine rings is 2. The summed E-state index contributed by atoms with van der Waals surface area (Å²) >= 11 is 2.10. The number of rotatable bonds is 0. The zero-order valence-electron chi connectivity index (χ0n) is 7.36. The molecule has 0 bridgehead atoms. The molecule has 0 fully saturated rings. The highest BCUT2D eigenvalue weighted by Gasteiger charge is 2.06. The van der Waals surface area contributed by atoms with E-state index in [2.05, 4.69) is 27.6 Å². The van der Waals surface area contributed by atoms with Gasteiger partial charge in [-0.1, -0.05) is 0 Å². The fourth-order valence-electron chi connectivity index (χ4n) is 1.28. The molecule has 72 valence electrons. The first-order valence-corrected chi connectivity index (χ1v) is 5.02. The molecule has 1 N–H and O–H groups in total. The SMILES string of the molecule is Cn1c(=O)cc(O)c2cc(I)cnc21. The van der Waals surface area contributed by atoms with E-state index in [0.717, 1.165) is 3.57 Å². The van der Waals surface area contributed by atoms with Gasteiger partial charge in [0.25, 0.3) is 5.56 Å². The van der Waals surface area contributed by atoms with E-state index in [-0.39, 0.29) is 11.3 Å². The fourth-order valence-corrected chi connectivity index (χ4v) is 1.73. The molecule has 0 spiro atoms. The lowest BCUT2D eigenvalue weighted by atomic mass is 10.2. The summed E-state index contributed by atoms with van der Waals surface area (Å²) in [6, 6.07) is 2.98. The maximum atomic E-state index is 11.3. The zero-order chi connectivity index (χ0) is 10.3. The van der Waals surface area contributed by atoms with E-state index in [1.54, 1.807) is 19.3 Å². The predicted molar refractivity (Wildman–Crippen MR) is 61.4 cm³/mol. The second kappa shape index (κ2) is 3.23. The Morgan fingerprint density at radius 1 is 1.50 bits per heavy atom. The van der Waals surface area contributed by atoms with Gasteiger partial charge in [0.05, 0.1) is 5.39 Å². The number of hydrogen-bond acceptors (Lipinski definition) is 3. The number of halogens is 1. The third kappa shape index (κ3) is 1.37. The van der Waals surface area contributed by atoms with Gasteiger partial charge in [0, 0.05) is 22.9 Å². The van der Waals surface area contributed by atoms with E-state index in [0.29, 0.717) is 11.0 Å². The average molecular weight is 302 g/mol. The summed E-state index contributed by atoms with van der Waals surface area (Å²) in [6.45, 7) is 0. The van der Waals surface area contributed by atoms with Crippen molar-refractivity contribution in [2.45, 2.75) is 0 Å². The van der Waals surface area contributed by atoms with Crippen LogP contribution in [0.2, 0.25) is 0 Å². The van der Waals surface area contributed by atoms with Gasteiger partial charge >= 0.3 is 0 Å². The molecule has 0 saturated carbocycles. The molecular formula is C9H7IN2O2. The van der Waals surface area contributed by atoms with Crippen LogP contribution in [0.4, 0.5) is 0 Å². The standard InChI is InChI=1S/C9H7IN2O2/c1-12-8(14)3-7(13)6-2-5(10)4-11-9(6)12/h2-4,13H,1H3. The first-order chi connectivity index (χ1) is 6.59. The lowest BCUT2D eigenvalue weighted by Crippen LogP contribution is -2.16. The average Bonchev–Trinajstić information content (AvgIpc) is 2.14. The molecule has 14 heavy (non-hydrogen) atoms. The normalized spacial score (nSPS) is 10.7. The molecule has 0 aliphatic carbocycles. The van der Waals surface area contributed by atoms with Crippen molar-refractivity contribution in [3.05, 3.63) is 32.3 Å². The Kier molecular flexibility index (Phi) is 2.18. The summed E-state index contributed by atoms with van der Waals surface area (Å²) in [5, 5.41) is 10.1. The smallest absolute Gasteiger partial charge is 0.255 e. The van der Waals surface area contributed by atoms with Gasteiger partial charge in [0.15, 0.2) is 0 Å². The Bertz CT molecular complexity index is 562. The molecule has 0 aromatic carbocycles. The summed E-state index contributed by atoms with van der Waals surface area (Å²) < 4.78 is 2.33. The highest BCUT2D eigenvalue weighted by molar-refractivity contribution is 14.1. The van der Waals surface area contributed by atoms with Gasteiger partial charge < -0.3 is 5.11 Å². The number of aromatic nitrogens is 2. The van der Waals surface area contributed by atoms with Crippen LogP contribution >= 0.6 is 22.6 Å². The minimum absolute atomic E-state index is 0.0193.